The molecule has 0 saturated carbocycles. The summed E-state index contributed by atoms with van der Waals surface area (Å²) in [6.07, 6.45) is 6.55. The summed E-state index contributed by atoms with van der Waals surface area (Å²) in [5.41, 5.74) is 5.01. The van der Waals surface area contributed by atoms with Gasteiger partial charge >= 0.3 is 12.0 Å². The second kappa shape index (κ2) is 9.83. The Kier molecular flexibility index (Phi) is 6.75. The van der Waals surface area contributed by atoms with Gasteiger partial charge in [-0.25, -0.2) is 14.3 Å². The van der Waals surface area contributed by atoms with Crippen LogP contribution in [-0.2, 0) is 41.1 Å². The van der Waals surface area contributed by atoms with E-state index < -0.39 is 27.0 Å². The highest BCUT2D eigenvalue weighted by molar-refractivity contribution is 7.90. The summed E-state index contributed by atoms with van der Waals surface area (Å²) in [4.78, 5) is 24.1. The first kappa shape index (κ1) is 24.7. The number of rotatable bonds is 7. The number of hydrogen-bond acceptors (Lipinski definition) is 7. The van der Waals surface area contributed by atoms with E-state index in [9.17, 15) is 18.0 Å². The number of sulfonamides is 1. The fourth-order valence-electron chi connectivity index (χ4n) is 5.58. The van der Waals surface area contributed by atoms with Gasteiger partial charge in [-0.2, -0.15) is 13.5 Å². The minimum absolute atomic E-state index is 0.296. The lowest BCUT2D eigenvalue weighted by molar-refractivity contribution is 0.0684. The number of ether oxygens (including phenoxy) is 1. The summed E-state index contributed by atoms with van der Waals surface area (Å²) in [5, 5.41) is 18.9. The van der Waals surface area contributed by atoms with Crippen molar-refractivity contribution in [2.45, 2.75) is 61.9 Å². The Morgan fingerprint density at radius 2 is 1.92 bits per heavy atom. The molecule has 1 aromatic heterocycles. The van der Waals surface area contributed by atoms with Crippen LogP contribution in [0.1, 0.15) is 64.3 Å². The summed E-state index contributed by atoms with van der Waals surface area (Å²) in [6, 6.07) is 2.77. The van der Waals surface area contributed by atoms with E-state index >= 15 is 0 Å². The Morgan fingerprint density at radius 3 is 2.64 bits per heavy atom. The third-order valence-corrected chi connectivity index (χ3v) is 8.62. The van der Waals surface area contributed by atoms with Gasteiger partial charge in [0.25, 0.3) is 10.0 Å². The van der Waals surface area contributed by atoms with E-state index in [1.807, 2.05) is 4.72 Å². The first-order valence-electron chi connectivity index (χ1n) is 12.3. The Labute approximate surface area is 209 Å². The Balaban J connectivity index is 1.34. The summed E-state index contributed by atoms with van der Waals surface area (Å²) in [7, 11) is -3.03. The second-order valence-electron chi connectivity index (χ2n) is 9.70. The fourth-order valence-corrected chi connectivity index (χ4v) is 6.48. The molecular weight excluding hydrogens is 486 g/mol. The third-order valence-electron chi connectivity index (χ3n) is 7.42. The highest BCUT2D eigenvalue weighted by atomic mass is 32.2. The average molecular weight is 518 g/mol. The lowest BCUT2D eigenvalue weighted by Crippen LogP contribution is -2.37. The van der Waals surface area contributed by atoms with E-state index in [4.69, 9.17) is 9.84 Å². The van der Waals surface area contributed by atoms with Gasteiger partial charge in [0.05, 0.1) is 0 Å². The van der Waals surface area contributed by atoms with E-state index in [0.29, 0.717) is 17.6 Å². The van der Waals surface area contributed by atoms with Crippen LogP contribution in [0.2, 0.25) is 0 Å². The van der Waals surface area contributed by atoms with Crippen molar-refractivity contribution in [3.63, 3.8) is 0 Å². The number of nitrogens with zero attached hydrogens (tertiary/aromatic N) is 2. The molecular formula is C24H31N5O6S. The minimum Gasteiger partial charge on any atom is -0.477 e. The monoisotopic (exact) mass is 517 g/mol. The van der Waals surface area contributed by atoms with E-state index in [1.54, 1.807) is 0 Å². The van der Waals surface area contributed by atoms with E-state index in [0.717, 1.165) is 86.6 Å². The molecule has 1 unspecified atom stereocenters. The maximum absolute atomic E-state index is 12.9. The Morgan fingerprint density at radius 1 is 1.14 bits per heavy atom. The van der Waals surface area contributed by atoms with Gasteiger partial charge in [-0.1, -0.05) is 6.07 Å². The number of fused-ring (bicyclic) bond motifs is 2. The molecule has 0 radical (unpaired) electrons. The van der Waals surface area contributed by atoms with Crippen molar-refractivity contribution < 1.29 is 27.9 Å². The van der Waals surface area contributed by atoms with Crippen molar-refractivity contribution >= 4 is 27.7 Å². The molecule has 4 N–H and O–H groups in total. The molecule has 1 atom stereocenters. The first-order chi connectivity index (χ1) is 17.2. The van der Waals surface area contributed by atoms with Gasteiger partial charge in [0.2, 0.25) is 0 Å². The number of carbonyl (C=O) groups excluding carboxylic acids is 1. The number of aromatic nitrogens is 2. The van der Waals surface area contributed by atoms with Crippen LogP contribution in [0, 0.1) is 0 Å². The lowest BCUT2D eigenvalue weighted by Gasteiger charge is -2.25. The molecule has 0 bridgehead atoms. The Hall–Kier alpha value is -2.96. The van der Waals surface area contributed by atoms with E-state index in [-0.39, 0.29) is 5.69 Å². The van der Waals surface area contributed by atoms with Gasteiger partial charge in [-0.15, -0.1) is 0 Å². The van der Waals surface area contributed by atoms with Gasteiger partial charge in [-0.05, 0) is 73.1 Å². The number of carboxylic acids is 1. The van der Waals surface area contributed by atoms with Crippen molar-refractivity contribution in [2.75, 3.05) is 25.1 Å². The number of aromatic carboxylic acids is 1. The molecule has 2 aromatic rings. The lowest BCUT2D eigenvalue weighted by atomic mass is 9.94. The van der Waals surface area contributed by atoms with Crippen LogP contribution in [0.5, 0.6) is 0 Å². The predicted molar refractivity (Wildman–Crippen MR) is 131 cm³/mol. The molecule has 1 saturated heterocycles. The highest BCUT2D eigenvalue weighted by Gasteiger charge is 2.32. The van der Waals surface area contributed by atoms with Gasteiger partial charge < -0.3 is 20.5 Å². The molecule has 2 aliphatic carbocycles. The van der Waals surface area contributed by atoms with Crippen LogP contribution in [0.3, 0.4) is 0 Å². The molecule has 0 spiro atoms. The number of anilines is 1. The largest absolute Gasteiger partial charge is 0.477 e. The van der Waals surface area contributed by atoms with Gasteiger partial charge in [0.15, 0.2) is 5.03 Å². The van der Waals surface area contributed by atoms with Crippen LogP contribution in [0.25, 0.3) is 0 Å². The van der Waals surface area contributed by atoms with Crippen molar-refractivity contribution in [1.29, 1.82) is 0 Å². The molecule has 2 amide bonds. The molecule has 36 heavy (non-hydrogen) atoms. The topological polar surface area (TPSA) is 152 Å². The molecule has 11 nitrogen and oxygen atoms in total. The van der Waals surface area contributed by atoms with E-state index in [1.165, 1.54) is 18.2 Å². The maximum atomic E-state index is 12.9. The van der Waals surface area contributed by atoms with Crippen molar-refractivity contribution in [3.8, 4) is 0 Å². The number of urea groups is 1. The van der Waals surface area contributed by atoms with Crippen LogP contribution in [-0.4, -0.2) is 61.1 Å². The molecule has 3 aliphatic rings. The second-order valence-corrected chi connectivity index (χ2v) is 11.3. The molecule has 194 valence electrons. The quantitative estimate of drug-likeness (QED) is 0.435. The van der Waals surface area contributed by atoms with Crippen LogP contribution in [0.4, 0.5) is 10.5 Å². The van der Waals surface area contributed by atoms with Crippen molar-refractivity contribution in [2.24, 2.45) is 7.05 Å². The summed E-state index contributed by atoms with van der Waals surface area (Å²) >= 11 is 0. The molecule has 12 heteroatoms. The van der Waals surface area contributed by atoms with Crippen molar-refractivity contribution in [1.82, 2.24) is 19.8 Å². The molecule has 2 heterocycles. The minimum atomic E-state index is -4.35. The number of carbonyl (C=O) groups is 2. The molecule has 1 aromatic carbocycles. The standard InChI is InChI=1S/C24H31N5O6S/c1-29-20(23(30)31)12-21(27-29)36(33,34)28-24(32)26-22-17-4-2-3-14(17)11-19-15(5-6-18(19)22)13-25-16-7-9-35-10-8-16/h11-12,15-16,25H,2-10,13H2,1H3,(H,30,31)(H2,26,28,32). The number of hydrogen-bond donors (Lipinski definition) is 4. The van der Waals surface area contributed by atoms with Gasteiger partial charge in [0, 0.05) is 44.6 Å². The maximum Gasteiger partial charge on any atom is 0.354 e. The van der Waals surface area contributed by atoms with E-state index in [2.05, 4.69) is 21.8 Å². The van der Waals surface area contributed by atoms with Gasteiger partial charge in [0.1, 0.15) is 5.69 Å². The SMILES string of the molecule is Cn1nc(S(=O)(=O)NC(=O)Nc2c3c(cc4c2CCC4CNC2CCOCC2)CCC3)cc1C(=O)O. The molecule has 5 rings (SSSR count). The first-order valence-corrected chi connectivity index (χ1v) is 13.8. The van der Waals surface area contributed by atoms with Crippen LogP contribution in [0.15, 0.2) is 17.2 Å². The number of aryl methyl sites for hydroxylation is 2. The van der Waals surface area contributed by atoms with Crippen LogP contribution < -0.4 is 15.4 Å². The average Bonchev–Trinajstić information content (AvgIpc) is 3.56. The normalized spacial score (nSPS) is 19.6. The number of carboxylic acid groups (broad SMARTS) is 1. The fraction of sp³-hybridized carbons (Fsp3) is 0.542. The highest BCUT2D eigenvalue weighted by Crippen LogP contribution is 2.43. The zero-order valence-electron chi connectivity index (χ0n) is 20.2. The summed E-state index contributed by atoms with van der Waals surface area (Å²) < 4.78 is 33.8. The summed E-state index contributed by atoms with van der Waals surface area (Å²) in [5.74, 6) is -0.976. The predicted octanol–water partition coefficient (Wildman–Crippen LogP) is 1.92. The smallest absolute Gasteiger partial charge is 0.354 e. The zero-order chi connectivity index (χ0) is 25.4. The Bertz CT molecular complexity index is 1300. The number of amides is 2. The summed E-state index contributed by atoms with van der Waals surface area (Å²) in [6.45, 7) is 2.44. The number of nitrogens with one attached hydrogen (secondary N) is 3. The molecule has 1 fully saturated rings. The van der Waals surface area contributed by atoms with Crippen LogP contribution >= 0.6 is 0 Å². The number of benzene rings is 1. The van der Waals surface area contributed by atoms with Gasteiger partial charge in [-0.3, -0.25) is 4.68 Å². The molecule has 1 aliphatic heterocycles. The zero-order valence-corrected chi connectivity index (χ0v) is 21.0. The van der Waals surface area contributed by atoms with Crippen molar-refractivity contribution in [3.05, 3.63) is 40.1 Å². The third kappa shape index (κ3) is 4.84.